The van der Waals surface area contributed by atoms with Crippen LogP contribution in [0.3, 0.4) is 0 Å². The summed E-state index contributed by atoms with van der Waals surface area (Å²) in [6.45, 7) is 3.93. The third kappa shape index (κ3) is 3.97. The number of benzene rings is 1. The van der Waals surface area contributed by atoms with Crippen molar-refractivity contribution in [3.8, 4) is 10.4 Å². The summed E-state index contributed by atoms with van der Waals surface area (Å²) < 4.78 is 13.1. The Labute approximate surface area is 152 Å². The van der Waals surface area contributed by atoms with Gasteiger partial charge in [0, 0.05) is 18.0 Å². The van der Waals surface area contributed by atoms with Gasteiger partial charge >= 0.3 is 0 Å². The summed E-state index contributed by atoms with van der Waals surface area (Å²) in [5, 5.41) is 3.32. The normalized spacial score (nSPS) is 15.0. The molecule has 0 radical (unpaired) electrons. The molecule has 1 aliphatic heterocycles. The van der Waals surface area contributed by atoms with Crippen LogP contribution in [-0.2, 0) is 0 Å². The average Bonchev–Trinajstić information content (AvgIpc) is 2.97. The second-order valence-corrected chi connectivity index (χ2v) is 7.08. The molecule has 1 aliphatic rings. The predicted octanol–water partition coefficient (Wildman–Crippen LogP) is 4.11. The summed E-state index contributed by atoms with van der Waals surface area (Å²) in [5.74, 6) is -0.164. The summed E-state index contributed by atoms with van der Waals surface area (Å²) >= 11 is 1.49. The fraction of sp³-hybridized carbons (Fsp3) is 0.389. The van der Waals surface area contributed by atoms with Crippen molar-refractivity contribution < 1.29 is 9.18 Å². The molecular formula is C18H22ClFN2OS. The van der Waals surface area contributed by atoms with E-state index in [4.69, 9.17) is 0 Å². The maximum absolute atomic E-state index is 13.1. The Morgan fingerprint density at radius 1 is 1.25 bits per heavy atom. The fourth-order valence-corrected chi connectivity index (χ4v) is 4.17. The summed E-state index contributed by atoms with van der Waals surface area (Å²) in [6.07, 6.45) is 1.99. The SMILES string of the molecule is Cc1cc(C(=O)N(C)C2CCNCC2)sc1-c1ccc(F)cc1.Cl. The molecule has 1 N–H and O–H groups in total. The van der Waals surface area contributed by atoms with Crippen LogP contribution in [-0.4, -0.2) is 37.0 Å². The number of amides is 1. The summed E-state index contributed by atoms with van der Waals surface area (Å²) in [4.78, 5) is 16.4. The maximum atomic E-state index is 13.1. The van der Waals surface area contributed by atoms with Crippen LogP contribution in [0.4, 0.5) is 4.39 Å². The van der Waals surface area contributed by atoms with Crippen LogP contribution in [0.25, 0.3) is 10.4 Å². The Balaban J connectivity index is 0.00000208. The van der Waals surface area contributed by atoms with E-state index in [1.165, 1.54) is 23.5 Å². The number of hydrogen-bond donors (Lipinski definition) is 1. The number of nitrogens with one attached hydrogen (secondary N) is 1. The van der Waals surface area contributed by atoms with Crippen LogP contribution in [0.2, 0.25) is 0 Å². The summed E-state index contributed by atoms with van der Waals surface area (Å²) in [6, 6.07) is 8.69. The first-order valence-corrected chi connectivity index (χ1v) is 8.72. The first-order valence-electron chi connectivity index (χ1n) is 7.90. The van der Waals surface area contributed by atoms with Gasteiger partial charge in [-0.3, -0.25) is 4.79 Å². The molecule has 0 atom stereocenters. The molecule has 1 fully saturated rings. The molecule has 130 valence electrons. The van der Waals surface area contributed by atoms with E-state index in [9.17, 15) is 9.18 Å². The molecular weight excluding hydrogens is 347 g/mol. The number of nitrogens with zero attached hydrogens (tertiary/aromatic N) is 1. The van der Waals surface area contributed by atoms with E-state index in [1.54, 1.807) is 12.1 Å². The lowest BCUT2D eigenvalue weighted by molar-refractivity contribution is 0.0708. The van der Waals surface area contributed by atoms with Crippen LogP contribution < -0.4 is 5.32 Å². The van der Waals surface area contributed by atoms with Gasteiger partial charge in [-0.15, -0.1) is 23.7 Å². The quantitative estimate of drug-likeness (QED) is 0.884. The molecule has 2 aromatic rings. The molecule has 2 heterocycles. The first-order chi connectivity index (χ1) is 11.1. The van der Waals surface area contributed by atoms with Gasteiger partial charge in [0.1, 0.15) is 5.82 Å². The van der Waals surface area contributed by atoms with Gasteiger partial charge in [0.25, 0.3) is 5.91 Å². The highest BCUT2D eigenvalue weighted by Gasteiger charge is 2.24. The Kier molecular flexibility index (Phi) is 6.38. The van der Waals surface area contributed by atoms with Crippen molar-refractivity contribution in [2.75, 3.05) is 20.1 Å². The van der Waals surface area contributed by atoms with Crippen molar-refractivity contribution in [1.29, 1.82) is 0 Å². The highest BCUT2D eigenvalue weighted by Crippen LogP contribution is 2.33. The standard InChI is InChI=1S/C18H21FN2OS.ClH/c1-12-11-16(18(22)21(2)15-7-9-20-10-8-15)23-17(12)13-3-5-14(19)6-4-13;/h3-6,11,15,20H,7-10H2,1-2H3;1H. The van der Waals surface area contributed by atoms with Gasteiger partial charge in [-0.05, 0) is 62.2 Å². The molecule has 0 spiro atoms. The molecule has 6 heteroatoms. The number of piperidine rings is 1. The Hall–Kier alpha value is -1.43. The third-order valence-electron chi connectivity index (χ3n) is 4.41. The lowest BCUT2D eigenvalue weighted by atomic mass is 10.1. The van der Waals surface area contributed by atoms with E-state index < -0.39 is 0 Å². The molecule has 0 aliphatic carbocycles. The first kappa shape index (κ1) is 18.9. The molecule has 0 saturated carbocycles. The maximum Gasteiger partial charge on any atom is 0.263 e. The van der Waals surface area contributed by atoms with Crippen LogP contribution >= 0.6 is 23.7 Å². The number of thiophene rings is 1. The van der Waals surface area contributed by atoms with Crippen molar-refractivity contribution in [3.63, 3.8) is 0 Å². The Morgan fingerprint density at radius 2 is 1.88 bits per heavy atom. The number of rotatable bonds is 3. The Bertz CT molecular complexity index is 696. The van der Waals surface area contributed by atoms with E-state index in [2.05, 4.69) is 5.32 Å². The Morgan fingerprint density at radius 3 is 2.50 bits per heavy atom. The summed E-state index contributed by atoms with van der Waals surface area (Å²) in [7, 11) is 1.89. The highest BCUT2D eigenvalue weighted by atomic mass is 35.5. The lowest BCUT2D eigenvalue weighted by Gasteiger charge is -2.31. The van der Waals surface area contributed by atoms with Crippen LogP contribution in [0.1, 0.15) is 28.1 Å². The van der Waals surface area contributed by atoms with Crippen molar-refractivity contribution in [1.82, 2.24) is 10.2 Å². The summed E-state index contributed by atoms with van der Waals surface area (Å²) in [5.41, 5.74) is 2.01. The molecule has 0 bridgehead atoms. The van der Waals surface area contributed by atoms with Crippen LogP contribution in [0.15, 0.2) is 30.3 Å². The molecule has 1 aromatic carbocycles. The molecule has 1 aromatic heterocycles. The third-order valence-corrected chi connectivity index (χ3v) is 5.69. The van der Waals surface area contributed by atoms with Gasteiger partial charge in [0.05, 0.1) is 4.88 Å². The minimum absolute atomic E-state index is 0. The van der Waals surface area contributed by atoms with E-state index >= 15 is 0 Å². The highest BCUT2D eigenvalue weighted by molar-refractivity contribution is 7.17. The molecule has 3 rings (SSSR count). The molecule has 1 saturated heterocycles. The minimum atomic E-state index is -0.245. The zero-order chi connectivity index (χ0) is 16.4. The largest absolute Gasteiger partial charge is 0.338 e. The fourth-order valence-electron chi connectivity index (χ4n) is 3.01. The van der Waals surface area contributed by atoms with Crippen molar-refractivity contribution >= 4 is 29.7 Å². The van der Waals surface area contributed by atoms with Crippen molar-refractivity contribution in [3.05, 3.63) is 46.6 Å². The number of hydrogen-bond acceptors (Lipinski definition) is 3. The van der Waals surface area contributed by atoms with Gasteiger partial charge in [0.2, 0.25) is 0 Å². The molecule has 1 amide bonds. The number of carbonyl (C=O) groups excluding carboxylic acids is 1. The van der Waals surface area contributed by atoms with Crippen LogP contribution in [0, 0.1) is 12.7 Å². The van der Waals surface area contributed by atoms with E-state index in [0.717, 1.165) is 46.8 Å². The number of halogens is 2. The van der Waals surface area contributed by atoms with Gasteiger partial charge < -0.3 is 10.2 Å². The monoisotopic (exact) mass is 368 g/mol. The van der Waals surface area contributed by atoms with Gasteiger partial charge in [-0.2, -0.15) is 0 Å². The van der Waals surface area contributed by atoms with Gasteiger partial charge in [-0.25, -0.2) is 4.39 Å². The molecule has 3 nitrogen and oxygen atoms in total. The lowest BCUT2D eigenvalue weighted by Crippen LogP contribution is -2.43. The number of aryl methyl sites for hydroxylation is 1. The zero-order valence-electron chi connectivity index (χ0n) is 13.8. The minimum Gasteiger partial charge on any atom is -0.338 e. The van der Waals surface area contributed by atoms with Gasteiger partial charge in [-0.1, -0.05) is 12.1 Å². The van der Waals surface area contributed by atoms with Crippen molar-refractivity contribution in [2.45, 2.75) is 25.8 Å². The second kappa shape index (κ2) is 8.10. The van der Waals surface area contributed by atoms with Crippen molar-refractivity contribution in [2.24, 2.45) is 0 Å². The predicted molar refractivity (Wildman–Crippen MR) is 99.7 cm³/mol. The van der Waals surface area contributed by atoms with E-state index in [-0.39, 0.29) is 24.1 Å². The van der Waals surface area contributed by atoms with E-state index in [0.29, 0.717) is 6.04 Å². The van der Waals surface area contributed by atoms with Gasteiger partial charge in [0.15, 0.2) is 0 Å². The number of carbonyl (C=O) groups is 1. The topological polar surface area (TPSA) is 32.3 Å². The van der Waals surface area contributed by atoms with E-state index in [1.807, 2.05) is 24.9 Å². The zero-order valence-corrected chi connectivity index (χ0v) is 15.5. The average molecular weight is 369 g/mol. The van der Waals surface area contributed by atoms with Crippen LogP contribution in [0.5, 0.6) is 0 Å². The molecule has 0 unspecified atom stereocenters. The second-order valence-electron chi connectivity index (χ2n) is 6.03. The molecule has 24 heavy (non-hydrogen) atoms. The smallest absolute Gasteiger partial charge is 0.263 e.